The molecule has 130 valence electrons. The number of esters is 1. The predicted molar refractivity (Wildman–Crippen MR) is 96.1 cm³/mol. The number of hydrogen-bond acceptors (Lipinski definition) is 2. The SMILES string of the molecule is CC/C=C\CCCCCCCCCCCCCC(=O)OCC. The van der Waals surface area contributed by atoms with E-state index in [1.54, 1.807) is 0 Å². The molecule has 0 fully saturated rings. The lowest BCUT2D eigenvalue weighted by molar-refractivity contribution is -0.143. The first-order chi connectivity index (χ1) is 10.8. The number of allylic oxidation sites excluding steroid dienone is 2. The summed E-state index contributed by atoms with van der Waals surface area (Å²) in [5, 5.41) is 0. The molecular formula is C20H38O2. The third-order valence-corrected chi connectivity index (χ3v) is 3.96. The van der Waals surface area contributed by atoms with Crippen molar-refractivity contribution in [2.24, 2.45) is 0 Å². The van der Waals surface area contributed by atoms with Crippen molar-refractivity contribution < 1.29 is 9.53 Å². The van der Waals surface area contributed by atoms with Crippen molar-refractivity contribution in [2.75, 3.05) is 6.61 Å². The molecule has 2 heteroatoms. The van der Waals surface area contributed by atoms with Gasteiger partial charge in [-0.25, -0.2) is 0 Å². The fraction of sp³-hybridized carbons (Fsp3) is 0.850. The number of rotatable bonds is 16. The summed E-state index contributed by atoms with van der Waals surface area (Å²) in [6, 6.07) is 0. The number of carbonyl (C=O) groups is 1. The molecule has 2 nitrogen and oxygen atoms in total. The summed E-state index contributed by atoms with van der Waals surface area (Å²) in [6.45, 7) is 4.56. The lowest BCUT2D eigenvalue weighted by Crippen LogP contribution is -2.03. The number of carbonyl (C=O) groups excluding carboxylic acids is 1. The van der Waals surface area contributed by atoms with Gasteiger partial charge in [0.25, 0.3) is 0 Å². The Morgan fingerprint density at radius 1 is 0.727 bits per heavy atom. The molecule has 0 saturated heterocycles. The van der Waals surface area contributed by atoms with E-state index in [1.807, 2.05) is 6.92 Å². The minimum absolute atomic E-state index is 0.0346. The van der Waals surface area contributed by atoms with Crippen molar-refractivity contribution in [3.8, 4) is 0 Å². The van der Waals surface area contributed by atoms with Crippen LogP contribution in [0.2, 0.25) is 0 Å². The zero-order valence-electron chi connectivity index (χ0n) is 15.1. The monoisotopic (exact) mass is 310 g/mol. The first-order valence-corrected chi connectivity index (χ1v) is 9.61. The van der Waals surface area contributed by atoms with Crippen LogP contribution in [0.3, 0.4) is 0 Å². The highest BCUT2D eigenvalue weighted by atomic mass is 16.5. The lowest BCUT2D eigenvalue weighted by Gasteiger charge is -2.03. The molecule has 0 radical (unpaired) electrons. The highest BCUT2D eigenvalue weighted by Gasteiger charge is 2.00. The van der Waals surface area contributed by atoms with Crippen molar-refractivity contribution in [2.45, 2.75) is 104 Å². The fourth-order valence-corrected chi connectivity index (χ4v) is 2.64. The predicted octanol–water partition coefficient (Wildman–Crippen LogP) is 6.59. The first kappa shape index (κ1) is 21.2. The second kappa shape index (κ2) is 18.3. The second-order valence-corrected chi connectivity index (χ2v) is 6.11. The molecule has 0 saturated carbocycles. The number of ether oxygens (including phenoxy) is 1. The Balaban J connectivity index is 3.05. The minimum atomic E-state index is -0.0346. The topological polar surface area (TPSA) is 26.3 Å². The molecule has 0 aliphatic heterocycles. The van der Waals surface area contributed by atoms with Gasteiger partial charge >= 0.3 is 5.97 Å². The molecule has 0 spiro atoms. The van der Waals surface area contributed by atoms with E-state index in [0.717, 1.165) is 6.42 Å². The fourth-order valence-electron chi connectivity index (χ4n) is 2.64. The maximum atomic E-state index is 11.2. The molecule has 0 bridgehead atoms. The summed E-state index contributed by atoms with van der Waals surface area (Å²) < 4.78 is 4.92. The van der Waals surface area contributed by atoms with Gasteiger partial charge in [0, 0.05) is 6.42 Å². The summed E-state index contributed by atoms with van der Waals surface area (Å²) in [6.07, 6.45) is 22.1. The molecule has 0 heterocycles. The van der Waals surface area contributed by atoms with E-state index in [2.05, 4.69) is 19.1 Å². The van der Waals surface area contributed by atoms with E-state index in [-0.39, 0.29) is 5.97 Å². The van der Waals surface area contributed by atoms with Crippen LogP contribution in [-0.2, 0) is 9.53 Å². The van der Waals surface area contributed by atoms with E-state index < -0.39 is 0 Å². The highest BCUT2D eigenvalue weighted by molar-refractivity contribution is 5.69. The third kappa shape index (κ3) is 17.3. The van der Waals surface area contributed by atoms with E-state index in [1.165, 1.54) is 77.0 Å². The van der Waals surface area contributed by atoms with Crippen LogP contribution in [0.5, 0.6) is 0 Å². The summed E-state index contributed by atoms with van der Waals surface area (Å²) >= 11 is 0. The van der Waals surface area contributed by atoms with Gasteiger partial charge in [-0.2, -0.15) is 0 Å². The van der Waals surface area contributed by atoms with Gasteiger partial charge in [0.15, 0.2) is 0 Å². The van der Waals surface area contributed by atoms with Crippen LogP contribution < -0.4 is 0 Å². The lowest BCUT2D eigenvalue weighted by atomic mass is 10.0. The van der Waals surface area contributed by atoms with Crippen LogP contribution in [0.25, 0.3) is 0 Å². The average Bonchev–Trinajstić information content (AvgIpc) is 2.51. The molecule has 0 aliphatic rings. The van der Waals surface area contributed by atoms with Gasteiger partial charge in [-0.05, 0) is 32.6 Å². The minimum Gasteiger partial charge on any atom is -0.466 e. The highest BCUT2D eigenvalue weighted by Crippen LogP contribution is 2.12. The largest absolute Gasteiger partial charge is 0.466 e. The second-order valence-electron chi connectivity index (χ2n) is 6.11. The summed E-state index contributed by atoms with van der Waals surface area (Å²) in [5.74, 6) is -0.0346. The summed E-state index contributed by atoms with van der Waals surface area (Å²) in [7, 11) is 0. The Morgan fingerprint density at radius 3 is 1.73 bits per heavy atom. The zero-order chi connectivity index (χ0) is 16.3. The third-order valence-electron chi connectivity index (χ3n) is 3.96. The molecule has 0 N–H and O–H groups in total. The van der Waals surface area contributed by atoms with Gasteiger partial charge in [-0.3, -0.25) is 4.79 Å². The van der Waals surface area contributed by atoms with Crippen LogP contribution in [0.4, 0.5) is 0 Å². The van der Waals surface area contributed by atoms with Gasteiger partial charge in [0.05, 0.1) is 6.61 Å². The first-order valence-electron chi connectivity index (χ1n) is 9.61. The normalized spacial score (nSPS) is 11.2. The Bertz CT molecular complexity index is 258. The summed E-state index contributed by atoms with van der Waals surface area (Å²) in [4.78, 5) is 11.2. The average molecular weight is 311 g/mol. The Labute approximate surface area is 138 Å². The molecule has 0 atom stereocenters. The van der Waals surface area contributed by atoms with Crippen LogP contribution >= 0.6 is 0 Å². The van der Waals surface area contributed by atoms with Crippen molar-refractivity contribution in [3.63, 3.8) is 0 Å². The Morgan fingerprint density at radius 2 is 1.23 bits per heavy atom. The van der Waals surface area contributed by atoms with Crippen molar-refractivity contribution in [3.05, 3.63) is 12.2 Å². The molecule has 0 unspecified atom stereocenters. The molecule has 0 aromatic heterocycles. The molecule has 0 aromatic carbocycles. The van der Waals surface area contributed by atoms with Gasteiger partial charge in [0.2, 0.25) is 0 Å². The van der Waals surface area contributed by atoms with Crippen molar-refractivity contribution in [1.29, 1.82) is 0 Å². The van der Waals surface area contributed by atoms with E-state index >= 15 is 0 Å². The Hall–Kier alpha value is -0.790. The van der Waals surface area contributed by atoms with Gasteiger partial charge < -0.3 is 4.74 Å². The molecule has 0 rings (SSSR count). The van der Waals surface area contributed by atoms with Crippen molar-refractivity contribution >= 4 is 5.97 Å². The zero-order valence-corrected chi connectivity index (χ0v) is 15.1. The summed E-state index contributed by atoms with van der Waals surface area (Å²) in [5.41, 5.74) is 0. The number of unbranched alkanes of at least 4 members (excludes halogenated alkanes) is 11. The smallest absolute Gasteiger partial charge is 0.305 e. The molecule has 22 heavy (non-hydrogen) atoms. The molecule has 0 amide bonds. The van der Waals surface area contributed by atoms with E-state index in [4.69, 9.17) is 4.74 Å². The number of hydrogen-bond donors (Lipinski definition) is 0. The van der Waals surface area contributed by atoms with E-state index in [9.17, 15) is 4.79 Å². The Kier molecular flexibility index (Phi) is 17.6. The quantitative estimate of drug-likeness (QED) is 0.183. The van der Waals surface area contributed by atoms with E-state index in [0.29, 0.717) is 13.0 Å². The van der Waals surface area contributed by atoms with Crippen molar-refractivity contribution in [1.82, 2.24) is 0 Å². The van der Waals surface area contributed by atoms with Gasteiger partial charge in [-0.15, -0.1) is 0 Å². The molecule has 0 aromatic rings. The standard InChI is InChI=1S/C20H38O2/c1-3-5-6-7-8-9-10-11-12-13-14-15-16-17-18-19-20(21)22-4-2/h5-6H,3-4,7-19H2,1-2H3/b6-5-. The van der Waals surface area contributed by atoms with Crippen LogP contribution in [0, 0.1) is 0 Å². The van der Waals surface area contributed by atoms with Gasteiger partial charge in [0.1, 0.15) is 0 Å². The van der Waals surface area contributed by atoms with Crippen LogP contribution in [0.15, 0.2) is 12.2 Å². The maximum Gasteiger partial charge on any atom is 0.305 e. The van der Waals surface area contributed by atoms with Gasteiger partial charge in [-0.1, -0.05) is 76.9 Å². The van der Waals surface area contributed by atoms with Crippen LogP contribution in [-0.4, -0.2) is 12.6 Å². The molecular weight excluding hydrogens is 272 g/mol. The maximum absolute atomic E-state index is 11.2. The van der Waals surface area contributed by atoms with Crippen LogP contribution in [0.1, 0.15) is 104 Å². The molecule has 0 aliphatic carbocycles.